The maximum absolute atomic E-state index is 12.8. The van der Waals surface area contributed by atoms with Gasteiger partial charge in [0, 0.05) is 11.3 Å². The van der Waals surface area contributed by atoms with E-state index in [2.05, 4.69) is 68.1 Å². The van der Waals surface area contributed by atoms with Crippen LogP contribution in [-0.4, -0.2) is 24.8 Å². The standard InChI is InChI=1S/C26H33N3O3/c1-5-18-6-12-21(13-7-18)28-24(30)31-23-22(29-32-26(23)14-16-27-17-15-26)19-8-10-20(11-9-19)25(2,3)4/h6-13,27,29H,5,14-17H2,1-4H3,(H,28,30). The van der Waals surface area contributed by atoms with E-state index in [1.165, 1.54) is 11.1 Å². The third-order valence-electron chi connectivity index (χ3n) is 6.24. The van der Waals surface area contributed by atoms with Crippen molar-refractivity contribution in [1.29, 1.82) is 0 Å². The molecule has 2 aromatic carbocycles. The van der Waals surface area contributed by atoms with Gasteiger partial charge in [-0.1, -0.05) is 64.1 Å². The van der Waals surface area contributed by atoms with Crippen LogP contribution in [0.5, 0.6) is 0 Å². The molecule has 1 amide bonds. The van der Waals surface area contributed by atoms with Crippen molar-refractivity contribution < 1.29 is 14.4 Å². The molecular weight excluding hydrogens is 402 g/mol. The highest BCUT2D eigenvalue weighted by molar-refractivity contribution is 5.86. The van der Waals surface area contributed by atoms with Gasteiger partial charge in [-0.05, 0) is 61.0 Å². The maximum Gasteiger partial charge on any atom is 0.416 e. The van der Waals surface area contributed by atoms with Crippen LogP contribution in [0.15, 0.2) is 54.3 Å². The fraction of sp³-hybridized carbons (Fsp3) is 0.423. The summed E-state index contributed by atoms with van der Waals surface area (Å²) in [4.78, 5) is 18.9. The van der Waals surface area contributed by atoms with Gasteiger partial charge in [-0.2, -0.15) is 0 Å². The van der Waals surface area contributed by atoms with Crippen LogP contribution >= 0.6 is 0 Å². The van der Waals surface area contributed by atoms with Crippen molar-refractivity contribution in [2.75, 3.05) is 18.4 Å². The number of benzene rings is 2. The lowest BCUT2D eigenvalue weighted by molar-refractivity contribution is -0.0750. The van der Waals surface area contributed by atoms with Gasteiger partial charge in [0.1, 0.15) is 5.70 Å². The SMILES string of the molecule is CCc1ccc(NC(=O)OC2=C(c3ccc(C(C)(C)C)cc3)NOC23CCNCC3)cc1. The molecule has 6 heteroatoms. The fourth-order valence-electron chi connectivity index (χ4n) is 4.16. The zero-order chi connectivity index (χ0) is 22.8. The minimum atomic E-state index is -0.660. The number of hydrogen-bond donors (Lipinski definition) is 3. The Morgan fingerprint density at radius 1 is 1.06 bits per heavy atom. The second-order valence-electron chi connectivity index (χ2n) is 9.54. The van der Waals surface area contributed by atoms with Crippen LogP contribution < -0.4 is 16.1 Å². The fourth-order valence-corrected chi connectivity index (χ4v) is 4.16. The van der Waals surface area contributed by atoms with Crippen molar-refractivity contribution >= 4 is 17.5 Å². The molecule has 0 radical (unpaired) electrons. The highest BCUT2D eigenvalue weighted by atomic mass is 16.7. The van der Waals surface area contributed by atoms with Crippen LogP contribution in [0, 0.1) is 0 Å². The molecule has 0 unspecified atom stereocenters. The third kappa shape index (κ3) is 4.66. The number of hydrogen-bond acceptors (Lipinski definition) is 5. The number of piperidine rings is 1. The number of aryl methyl sites for hydroxylation is 1. The van der Waals surface area contributed by atoms with E-state index >= 15 is 0 Å². The predicted octanol–water partition coefficient (Wildman–Crippen LogP) is 5.12. The average Bonchev–Trinajstić information content (AvgIpc) is 3.11. The van der Waals surface area contributed by atoms with Crippen molar-refractivity contribution in [1.82, 2.24) is 10.8 Å². The molecule has 32 heavy (non-hydrogen) atoms. The second-order valence-corrected chi connectivity index (χ2v) is 9.54. The van der Waals surface area contributed by atoms with Gasteiger partial charge < -0.3 is 10.1 Å². The van der Waals surface area contributed by atoms with Crippen LogP contribution in [0.1, 0.15) is 57.2 Å². The summed E-state index contributed by atoms with van der Waals surface area (Å²) in [5.41, 5.74) is 7.29. The highest BCUT2D eigenvalue weighted by Crippen LogP contribution is 2.41. The number of carbonyl (C=O) groups excluding carboxylic acids is 1. The molecule has 0 aromatic heterocycles. The lowest BCUT2D eigenvalue weighted by Crippen LogP contribution is -2.45. The minimum absolute atomic E-state index is 0.0648. The lowest BCUT2D eigenvalue weighted by Gasteiger charge is -2.32. The molecule has 0 atom stereocenters. The molecule has 4 rings (SSSR count). The molecule has 1 spiro atoms. The summed E-state index contributed by atoms with van der Waals surface area (Å²) in [6.45, 7) is 10.3. The summed E-state index contributed by atoms with van der Waals surface area (Å²) < 4.78 is 5.94. The van der Waals surface area contributed by atoms with Crippen LogP contribution in [0.3, 0.4) is 0 Å². The Hall–Kier alpha value is -2.83. The van der Waals surface area contributed by atoms with Crippen LogP contribution in [0.4, 0.5) is 10.5 Å². The second kappa shape index (κ2) is 8.96. The van der Waals surface area contributed by atoms with Crippen molar-refractivity contribution in [3.05, 3.63) is 71.0 Å². The molecular formula is C26H33N3O3. The lowest BCUT2D eigenvalue weighted by atomic mass is 9.86. The van der Waals surface area contributed by atoms with Crippen molar-refractivity contribution in [2.24, 2.45) is 0 Å². The van der Waals surface area contributed by atoms with Crippen molar-refractivity contribution in [3.63, 3.8) is 0 Å². The van der Waals surface area contributed by atoms with E-state index in [9.17, 15) is 4.79 Å². The summed E-state index contributed by atoms with van der Waals surface area (Å²) in [5, 5.41) is 6.20. The first-order valence-electron chi connectivity index (χ1n) is 11.4. The zero-order valence-electron chi connectivity index (χ0n) is 19.4. The van der Waals surface area contributed by atoms with E-state index in [0.29, 0.717) is 17.1 Å². The van der Waals surface area contributed by atoms with E-state index in [1.54, 1.807) is 0 Å². The number of ether oxygens (including phenoxy) is 1. The number of carbonyl (C=O) groups is 1. The molecule has 2 aliphatic heterocycles. The molecule has 2 aromatic rings. The third-order valence-corrected chi connectivity index (χ3v) is 6.24. The van der Waals surface area contributed by atoms with E-state index < -0.39 is 11.7 Å². The smallest absolute Gasteiger partial charge is 0.409 e. The first-order chi connectivity index (χ1) is 15.3. The Balaban J connectivity index is 1.61. The largest absolute Gasteiger partial charge is 0.416 e. The Labute approximate surface area is 190 Å². The first kappa shape index (κ1) is 22.4. The van der Waals surface area contributed by atoms with E-state index in [0.717, 1.165) is 37.9 Å². The highest BCUT2D eigenvalue weighted by Gasteiger charge is 2.47. The van der Waals surface area contributed by atoms with Gasteiger partial charge in [-0.25, -0.2) is 4.79 Å². The number of hydroxylamine groups is 1. The Morgan fingerprint density at radius 3 is 2.31 bits per heavy atom. The summed E-state index contributed by atoms with van der Waals surface area (Å²) in [6.07, 6.45) is 1.88. The zero-order valence-corrected chi connectivity index (χ0v) is 19.4. The Morgan fingerprint density at radius 2 is 1.72 bits per heavy atom. The van der Waals surface area contributed by atoms with Gasteiger partial charge in [0.05, 0.1) is 0 Å². The van der Waals surface area contributed by atoms with Gasteiger partial charge >= 0.3 is 6.09 Å². The molecule has 6 nitrogen and oxygen atoms in total. The summed E-state index contributed by atoms with van der Waals surface area (Å²) >= 11 is 0. The topological polar surface area (TPSA) is 71.6 Å². The Bertz CT molecular complexity index is 982. The molecule has 2 aliphatic rings. The van der Waals surface area contributed by atoms with Gasteiger partial charge in [0.15, 0.2) is 11.4 Å². The number of amides is 1. The van der Waals surface area contributed by atoms with Gasteiger partial charge in [0.25, 0.3) is 0 Å². The van der Waals surface area contributed by atoms with Crippen LogP contribution in [0.25, 0.3) is 5.70 Å². The van der Waals surface area contributed by atoms with E-state index in [4.69, 9.17) is 9.57 Å². The molecule has 170 valence electrons. The number of nitrogens with one attached hydrogen (secondary N) is 3. The quantitative estimate of drug-likeness (QED) is 0.622. The summed E-state index contributed by atoms with van der Waals surface area (Å²) in [5.74, 6) is 0.546. The molecule has 1 saturated heterocycles. The van der Waals surface area contributed by atoms with Crippen LogP contribution in [0.2, 0.25) is 0 Å². The molecule has 3 N–H and O–H groups in total. The van der Waals surface area contributed by atoms with E-state index in [1.807, 2.05) is 24.3 Å². The normalized spacial score (nSPS) is 17.9. The van der Waals surface area contributed by atoms with Crippen LogP contribution in [-0.2, 0) is 21.4 Å². The molecule has 1 fully saturated rings. The number of rotatable bonds is 4. The number of anilines is 1. The average molecular weight is 436 g/mol. The van der Waals surface area contributed by atoms with Gasteiger partial charge in [-0.15, -0.1) is 0 Å². The van der Waals surface area contributed by atoms with E-state index in [-0.39, 0.29) is 5.41 Å². The molecule has 0 saturated carbocycles. The van der Waals surface area contributed by atoms with Gasteiger partial charge in [0.2, 0.25) is 0 Å². The molecule has 0 aliphatic carbocycles. The predicted molar refractivity (Wildman–Crippen MR) is 127 cm³/mol. The van der Waals surface area contributed by atoms with Crippen molar-refractivity contribution in [3.8, 4) is 0 Å². The monoisotopic (exact) mass is 435 g/mol. The molecule has 0 bridgehead atoms. The summed E-state index contributed by atoms with van der Waals surface area (Å²) in [6, 6.07) is 16.1. The maximum atomic E-state index is 12.8. The van der Waals surface area contributed by atoms with Gasteiger partial charge in [-0.3, -0.25) is 15.6 Å². The first-order valence-corrected chi connectivity index (χ1v) is 11.4. The summed E-state index contributed by atoms with van der Waals surface area (Å²) in [7, 11) is 0. The minimum Gasteiger partial charge on any atom is -0.409 e. The van der Waals surface area contributed by atoms with Crippen molar-refractivity contribution in [2.45, 2.75) is 58.0 Å². The molecule has 2 heterocycles. The Kier molecular flexibility index (Phi) is 6.26.